The number of alkyl halides is 2. The minimum absolute atomic E-state index is 0.123. The molecule has 3 amide bonds. The van der Waals surface area contributed by atoms with E-state index in [4.69, 9.17) is 23.2 Å². The van der Waals surface area contributed by atoms with Gasteiger partial charge in [0.05, 0.1) is 6.00 Å². The lowest BCUT2D eigenvalue weighted by Crippen LogP contribution is -2.47. The van der Waals surface area contributed by atoms with Gasteiger partial charge in [0.2, 0.25) is 0 Å². The third kappa shape index (κ3) is 2.21. The lowest BCUT2D eigenvalue weighted by Gasteiger charge is -2.34. The Labute approximate surface area is 144 Å². The van der Waals surface area contributed by atoms with E-state index in [0.29, 0.717) is 11.1 Å². The summed E-state index contributed by atoms with van der Waals surface area (Å²) >= 11 is 11.9. The van der Waals surface area contributed by atoms with Crippen LogP contribution in [0, 0.1) is 0 Å². The molecular formula is C17H14Cl2N2O2. The lowest BCUT2D eigenvalue weighted by molar-refractivity contribution is -0.131. The number of rotatable bonds is 4. The van der Waals surface area contributed by atoms with Crippen molar-refractivity contribution in [2.75, 3.05) is 12.0 Å². The van der Waals surface area contributed by atoms with Gasteiger partial charge in [-0.2, -0.15) is 0 Å². The van der Waals surface area contributed by atoms with Crippen LogP contribution in [0.5, 0.6) is 0 Å². The van der Waals surface area contributed by atoms with E-state index in [2.05, 4.69) is 0 Å². The second kappa shape index (κ2) is 6.22. The Morgan fingerprint density at radius 2 is 1.26 bits per heavy atom. The molecule has 2 aromatic rings. The molecule has 1 heterocycles. The summed E-state index contributed by atoms with van der Waals surface area (Å²) in [6.07, 6.45) is 0. The van der Waals surface area contributed by atoms with E-state index in [9.17, 15) is 9.59 Å². The van der Waals surface area contributed by atoms with Gasteiger partial charge in [-0.25, -0.2) is 9.69 Å². The molecule has 1 fully saturated rings. The Hall–Kier alpha value is -2.04. The van der Waals surface area contributed by atoms with E-state index in [-0.39, 0.29) is 12.0 Å². The minimum Gasteiger partial charge on any atom is -0.288 e. The number of amides is 3. The molecule has 0 unspecified atom stereocenters. The fourth-order valence-corrected chi connectivity index (χ4v) is 3.51. The van der Waals surface area contributed by atoms with Gasteiger partial charge in [-0.3, -0.25) is 9.69 Å². The van der Waals surface area contributed by atoms with Crippen LogP contribution in [0.3, 0.4) is 0 Å². The Morgan fingerprint density at radius 3 is 1.65 bits per heavy atom. The van der Waals surface area contributed by atoms with Gasteiger partial charge < -0.3 is 0 Å². The van der Waals surface area contributed by atoms with Crippen molar-refractivity contribution in [3.05, 3.63) is 71.8 Å². The molecule has 1 aliphatic rings. The number of carbonyl (C=O) groups is 2. The highest BCUT2D eigenvalue weighted by Gasteiger charge is 2.59. The molecule has 1 saturated heterocycles. The molecule has 0 aromatic heterocycles. The van der Waals surface area contributed by atoms with E-state index >= 15 is 0 Å². The van der Waals surface area contributed by atoms with Crippen LogP contribution in [0.25, 0.3) is 0 Å². The fraction of sp³-hybridized carbons (Fsp3) is 0.176. The molecule has 118 valence electrons. The number of halogens is 2. The SMILES string of the molecule is O=C1N(CCl)C(=O)C(c2ccccc2)(c2ccccc2)N1CCl. The van der Waals surface area contributed by atoms with Gasteiger partial charge in [0.1, 0.15) is 6.00 Å². The molecule has 0 radical (unpaired) electrons. The number of hydrogen-bond donors (Lipinski definition) is 0. The van der Waals surface area contributed by atoms with Gasteiger partial charge in [0.25, 0.3) is 5.91 Å². The van der Waals surface area contributed by atoms with E-state index in [0.717, 1.165) is 4.90 Å². The maximum absolute atomic E-state index is 13.2. The standard InChI is InChI=1S/C17H14Cl2N2O2/c18-11-20-15(22)17(21(12-19)16(20)23,13-7-3-1-4-8-13)14-9-5-2-6-10-14/h1-10H,11-12H2. The molecular weight excluding hydrogens is 335 g/mol. The van der Waals surface area contributed by atoms with Crippen LogP contribution in [0.15, 0.2) is 60.7 Å². The monoisotopic (exact) mass is 348 g/mol. The molecule has 0 bridgehead atoms. The summed E-state index contributed by atoms with van der Waals surface area (Å²) in [6.45, 7) is 0. The van der Waals surface area contributed by atoms with Crippen LogP contribution in [-0.4, -0.2) is 33.7 Å². The molecule has 0 N–H and O–H groups in total. The Balaban J connectivity index is 2.32. The van der Waals surface area contributed by atoms with Gasteiger partial charge >= 0.3 is 6.03 Å². The van der Waals surface area contributed by atoms with Gasteiger partial charge in [-0.1, -0.05) is 60.7 Å². The second-order valence-electron chi connectivity index (χ2n) is 5.13. The molecule has 1 aliphatic heterocycles. The molecule has 0 aliphatic carbocycles. The van der Waals surface area contributed by atoms with Crippen molar-refractivity contribution in [2.24, 2.45) is 0 Å². The lowest BCUT2D eigenvalue weighted by atomic mass is 9.81. The molecule has 0 atom stereocenters. The first-order valence-corrected chi connectivity index (χ1v) is 8.11. The van der Waals surface area contributed by atoms with Gasteiger partial charge in [0.15, 0.2) is 5.54 Å². The largest absolute Gasteiger partial charge is 0.330 e. The third-order valence-electron chi connectivity index (χ3n) is 4.04. The van der Waals surface area contributed by atoms with E-state index in [1.165, 1.54) is 4.90 Å². The van der Waals surface area contributed by atoms with Crippen molar-refractivity contribution in [3.63, 3.8) is 0 Å². The first-order valence-electron chi connectivity index (χ1n) is 7.04. The zero-order valence-electron chi connectivity index (χ0n) is 12.2. The van der Waals surface area contributed by atoms with Crippen molar-refractivity contribution in [2.45, 2.75) is 5.54 Å². The normalized spacial score (nSPS) is 17.0. The summed E-state index contributed by atoms with van der Waals surface area (Å²) in [4.78, 5) is 28.1. The van der Waals surface area contributed by atoms with Crippen molar-refractivity contribution < 1.29 is 9.59 Å². The van der Waals surface area contributed by atoms with E-state index in [1.54, 1.807) is 0 Å². The predicted molar refractivity (Wildman–Crippen MR) is 89.2 cm³/mol. The first-order chi connectivity index (χ1) is 11.2. The number of hydrogen-bond acceptors (Lipinski definition) is 2. The third-order valence-corrected chi connectivity index (χ3v) is 4.52. The number of nitrogens with zero attached hydrogens (tertiary/aromatic N) is 2. The smallest absolute Gasteiger partial charge is 0.288 e. The summed E-state index contributed by atoms with van der Waals surface area (Å²) in [7, 11) is 0. The zero-order chi connectivity index (χ0) is 16.4. The van der Waals surface area contributed by atoms with Crippen molar-refractivity contribution >= 4 is 35.1 Å². The molecule has 4 nitrogen and oxygen atoms in total. The number of imide groups is 1. The summed E-state index contributed by atoms with van der Waals surface area (Å²) in [5.74, 6) is -0.393. The van der Waals surface area contributed by atoms with Gasteiger partial charge in [-0.05, 0) is 11.1 Å². The van der Waals surface area contributed by atoms with Crippen LogP contribution in [0.2, 0.25) is 0 Å². The van der Waals surface area contributed by atoms with Crippen molar-refractivity contribution in [3.8, 4) is 0 Å². The highest BCUT2D eigenvalue weighted by atomic mass is 35.5. The van der Waals surface area contributed by atoms with Crippen LogP contribution in [0.4, 0.5) is 4.79 Å². The van der Waals surface area contributed by atoms with Gasteiger partial charge in [0, 0.05) is 0 Å². The highest BCUT2D eigenvalue weighted by molar-refractivity contribution is 6.24. The number of carbonyl (C=O) groups excluding carboxylic acids is 2. The quantitative estimate of drug-likeness (QED) is 0.481. The molecule has 3 rings (SSSR count). The molecule has 23 heavy (non-hydrogen) atoms. The summed E-state index contributed by atoms with van der Waals surface area (Å²) < 4.78 is 0. The predicted octanol–water partition coefficient (Wildman–Crippen LogP) is 3.59. The van der Waals surface area contributed by atoms with Crippen LogP contribution >= 0.6 is 23.2 Å². The summed E-state index contributed by atoms with van der Waals surface area (Å²) in [6, 6.07) is 17.4. The van der Waals surface area contributed by atoms with E-state index < -0.39 is 17.5 Å². The summed E-state index contributed by atoms with van der Waals surface area (Å²) in [5.41, 5.74) is 0.0617. The minimum atomic E-state index is -1.30. The molecule has 0 saturated carbocycles. The molecule has 2 aromatic carbocycles. The maximum Gasteiger partial charge on any atom is 0.330 e. The molecule has 0 spiro atoms. The van der Waals surface area contributed by atoms with E-state index in [1.807, 2.05) is 60.7 Å². The second-order valence-corrected chi connectivity index (χ2v) is 5.60. The number of urea groups is 1. The van der Waals surface area contributed by atoms with Gasteiger partial charge in [-0.15, -0.1) is 23.2 Å². The Morgan fingerprint density at radius 1 is 0.783 bits per heavy atom. The fourth-order valence-electron chi connectivity index (χ4n) is 3.02. The van der Waals surface area contributed by atoms with Crippen LogP contribution in [0.1, 0.15) is 11.1 Å². The highest BCUT2D eigenvalue weighted by Crippen LogP contribution is 2.43. The van der Waals surface area contributed by atoms with Crippen molar-refractivity contribution in [1.29, 1.82) is 0 Å². The molecule has 6 heteroatoms. The van der Waals surface area contributed by atoms with Crippen LogP contribution in [-0.2, 0) is 10.3 Å². The van der Waals surface area contributed by atoms with Crippen LogP contribution < -0.4 is 0 Å². The average Bonchev–Trinajstić information content (AvgIpc) is 2.83. The number of benzene rings is 2. The Kier molecular flexibility index (Phi) is 4.28. The topological polar surface area (TPSA) is 40.6 Å². The van der Waals surface area contributed by atoms with Crippen molar-refractivity contribution in [1.82, 2.24) is 9.80 Å². The average molecular weight is 349 g/mol. The zero-order valence-corrected chi connectivity index (χ0v) is 13.7. The summed E-state index contributed by atoms with van der Waals surface area (Å²) in [5, 5.41) is 0. The maximum atomic E-state index is 13.2. The first kappa shape index (κ1) is 15.8. The Bertz CT molecular complexity index is 682.